The summed E-state index contributed by atoms with van der Waals surface area (Å²) in [4.78, 5) is 28.6. The van der Waals surface area contributed by atoms with E-state index in [1.165, 1.54) is 6.92 Å². The van der Waals surface area contributed by atoms with E-state index in [0.717, 1.165) is 22.0 Å². The van der Waals surface area contributed by atoms with Crippen molar-refractivity contribution in [2.24, 2.45) is 0 Å². The minimum Gasteiger partial charge on any atom is -0.349 e. The van der Waals surface area contributed by atoms with Crippen molar-refractivity contribution in [3.05, 3.63) is 70.9 Å². The summed E-state index contributed by atoms with van der Waals surface area (Å²) in [7, 11) is 0. The maximum atomic E-state index is 12.7. The van der Waals surface area contributed by atoms with Gasteiger partial charge in [-0.1, -0.05) is 29.8 Å². The van der Waals surface area contributed by atoms with Crippen LogP contribution in [0.3, 0.4) is 0 Å². The highest BCUT2D eigenvalue weighted by molar-refractivity contribution is 6.30. The molecule has 138 valence electrons. The Morgan fingerprint density at radius 2 is 1.85 bits per heavy atom. The molecule has 1 aromatic heterocycles. The van der Waals surface area contributed by atoms with Crippen LogP contribution in [0.25, 0.3) is 10.9 Å². The molecule has 0 aliphatic rings. The summed E-state index contributed by atoms with van der Waals surface area (Å²) >= 11 is 5.93. The summed E-state index contributed by atoms with van der Waals surface area (Å²) < 4.78 is 0. The van der Waals surface area contributed by atoms with E-state index < -0.39 is 6.04 Å². The number of benzene rings is 2. The number of halogens is 1. The molecule has 1 heterocycles. The predicted molar refractivity (Wildman–Crippen MR) is 108 cm³/mol. The van der Waals surface area contributed by atoms with Crippen LogP contribution in [0.15, 0.2) is 54.7 Å². The van der Waals surface area contributed by atoms with Crippen molar-refractivity contribution in [2.75, 3.05) is 5.32 Å². The molecule has 2 amide bonds. The van der Waals surface area contributed by atoms with Crippen LogP contribution in [0.4, 0.5) is 5.69 Å². The molecule has 0 aliphatic heterocycles. The van der Waals surface area contributed by atoms with Crippen LogP contribution in [-0.2, 0) is 9.59 Å². The number of nitrogens with zero attached hydrogens (tertiary/aromatic N) is 1. The number of aryl methyl sites for hydroxylation is 1. The Bertz CT molecular complexity index is 986. The molecule has 0 aliphatic carbocycles. The molecule has 3 rings (SSSR count). The van der Waals surface area contributed by atoms with Gasteiger partial charge in [0.05, 0.1) is 23.7 Å². The van der Waals surface area contributed by atoms with Gasteiger partial charge in [0.25, 0.3) is 0 Å². The van der Waals surface area contributed by atoms with Gasteiger partial charge in [-0.05, 0) is 48.4 Å². The summed E-state index contributed by atoms with van der Waals surface area (Å²) in [5, 5.41) is 7.25. The molecule has 2 aromatic carbocycles. The average molecular weight is 382 g/mol. The van der Waals surface area contributed by atoms with E-state index in [0.29, 0.717) is 10.7 Å². The Hall–Kier alpha value is -2.92. The maximum Gasteiger partial charge on any atom is 0.226 e. The highest BCUT2D eigenvalue weighted by atomic mass is 35.5. The first-order chi connectivity index (χ1) is 12.9. The van der Waals surface area contributed by atoms with Crippen LogP contribution in [0.1, 0.15) is 30.5 Å². The number of amides is 2. The van der Waals surface area contributed by atoms with E-state index in [-0.39, 0.29) is 18.2 Å². The topological polar surface area (TPSA) is 71.1 Å². The van der Waals surface area contributed by atoms with Gasteiger partial charge >= 0.3 is 0 Å². The van der Waals surface area contributed by atoms with E-state index in [9.17, 15) is 9.59 Å². The van der Waals surface area contributed by atoms with Gasteiger partial charge in [-0.2, -0.15) is 0 Å². The van der Waals surface area contributed by atoms with Crippen molar-refractivity contribution >= 4 is 40.0 Å². The van der Waals surface area contributed by atoms with Gasteiger partial charge in [0, 0.05) is 23.5 Å². The number of fused-ring (bicyclic) bond motifs is 1. The fraction of sp³-hybridized carbons (Fsp3) is 0.190. The standard InChI is InChI=1S/C21H20ClN3O2/c1-13-5-10-18(17-4-3-11-23-21(13)17)25-20(27)12-19(24-14(2)26)15-6-8-16(22)9-7-15/h3-11,19H,12H2,1-2H3,(H,24,26)(H,25,27)/t19-/m0/s1. The average Bonchev–Trinajstić information content (AvgIpc) is 2.64. The quantitative estimate of drug-likeness (QED) is 0.688. The molecule has 0 saturated heterocycles. The first kappa shape index (κ1) is 18.9. The lowest BCUT2D eigenvalue weighted by atomic mass is 10.0. The predicted octanol–water partition coefficient (Wildman–Crippen LogP) is 4.40. The zero-order valence-electron chi connectivity index (χ0n) is 15.1. The molecule has 5 nitrogen and oxygen atoms in total. The van der Waals surface area contributed by atoms with E-state index in [4.69, 9.17) is 11.6 Å². The maximum absolute atomic E-state index is 12.7. The SMILES string of the molecule is CC(=O)N[C@@H](CC(=O)Nc1ccc(C)c2ncccc12)c1ccc(Cl)cc1. The summed E-state index contributed by atoms with van der Waals surface area (Å²) in [6, 6.07) is 14.2. The third kappa shape index (κ3) is 4.63. The molecule has 0 radical (unpaired) electrons. The number of carbonyl (C=O) groups is 2. The largest absolute Gasteiger partial charge is 0.349 e. The van der Waals surface area contributed by atoms with Gasteiger partial charge in [-0.3, -0.25) is 14.6 Å². The van der Waals surface area contributed by atoms with Crippen molar-refractivity contribution in [1.82, 2.24) is 10.3 Å². The van der Waals surface area contributed by atoms with Gasteiger partial charge in [0.15, 0.2) is 0 Å². The number of rotatable bonds is 5. The number of pyridine rings is 1. The van der Waals surface area contributed by atoms with Crippen LogP contribution < -0.4 is 10.6 Å². The van der Waals surface area contributed by atoms with Crippen LogP contribution in [0.2, 0.25) is 5.02 Å². The van der Waals surface area contributed by atoms with Gasteiger partial charge < -0.3 is 10.6 Å². The van der Waals surface area contributed by atoms with Crippen molar-refractivity contribution in [1.29, 1.82) is 0 Å². The smallest absolute Gasteiger partial charge is 0.226 e. The molecular weight excluding hydrogens is 362 g/mol. The zero-order valence-corrected chi connectivity index (χ0v) is 15.9. The van der Waals surface area contributed by atoms with Crippen LogP contribution in [0.5, 0.6) is 0 Å². The Morgan fingerprint density at radius 3 is 2.56 bits per heavy atom. The highest BCUT2D eigenvalue weighted by Gasteiger charge is 2.18. The van der Waals surface area contributed by atoms with Gasteiger partial charge in [0.1, 0.15) is 0 Å². The minimum atomic E-state index is -0.436. The van der Waals surface area contributed by atoms with Crippen LogP contribution in [0, 0.1) is 6.92 Å². The van der Waals surface area contributed by atoms with Gasteiger partial charge in [0.2, 0.25) is 11.8 Å². The molecule has 0 unspecified atom stereocenters. The number of carbonyl (C=O) groups excluding carboxylic acids is 2. The molecule has 2 N–H and O–H groups in total. The lowest BCUT2D eigenvalue weighted by molar-refractivity contribution is -0.120. The van der Waals surface area contributed by atoms with Crippen molar-refractivity contribution in [2.45, 2.75) is 26.3 Å². The molecule has 0 saturated carbocycles. The molecule has 0 bridgehead atoms. The molecule has 27 heavy (non-hydrogen) atoms. The third-order valence-corrected chi connectivity index (χ3v) is 4.54. The van der Waals surface area contributed by atoms with E-state index in [1.807, 2.05) is 31.2 Å². The molecule has 1 atom stereocenters. The van der Waals surface area contributed by atoms with Crippen molar-refractivity contribution < 1.29 is 9.59 Å². The minimum absolute atomic E-state index is 0.108. The van der Waals surface area contributed by atoms with Crippen molar-refractivity contribution in [3.8, 4) is 0 Å². The number of aromatic nitrogens is 1. The second kappa shape index (κ2) is 8.18. The molecule has 3 aromatic rings. The van der Waals surface area contributed by atoms with Gasteiger partial charge in [-0.25, -0.2) is 0 Å². The number of nitrogens with one attached hydrogen (secondary N) is 2. The first-order valence-corrected chi connectivity index (χ1v) is 8.98. The zero-order chi connectivity index (χ0) is 19.4. The Balaban J connectivity index is 1.81. The number of hydrogen-bond donors (Lipinski definition) is 2. The number of hydrogen-bond acceptors (Lipinski definition) is 3. The molecule has 0 spiro atoms. The Labute approximate surface area is 162 Å². The van der Waals surface area contributed by atoms with E-state index in [1.54, 1.807) is 30.5 Å². The van der Waals surface area contributed by atoms with E-state index in [2.05, 4.69) is 15.6 Å². The second-order valence-corrected chi connectivity index (χ2v) is 6.82. The summed E-state index contributed by atoms with van der Waals surface area (Å²) in [6.45, 7) is 3.41. The Kier molecular flexibility index (Phi) is 5.72. The first-order valence-electron chi connectivity index (χ1n) is 8.61. The lowest BCUT2D eigenvalue weighted by Crippen LogP contribution is -2.29. The molecule has 6 heteroatoms. The Morgan fingerprint density at radius 1 is 1.11 bits per heavy atom. The van der Waals surface area contributed by atoms with Crippen LogP contribution in [-0.4, -0.2) is 16.8 Å². The fourth-order valence-corrected chi connectivity index (χ4v) is 3.13. The number of anilines is 1. The summed E-state index contributed by atoms with van der Waals surface area (Å²) in [6.07, 6.45) is 1.84. The fourth-order valence-electron chi connectivity index (χ4n) is 3.00. The highest BCUT2D eigenvalue weighted by Crippen LogP contribution is 2.26. The van der Waals surface area contributed by atoms with Crippen LogP contribution >= 0.6 is 11.6 Å². The third-order valence-electron chi connectivity index (χ3n) is 4.28. The van der Waals surface area contributed by atoms with Crippen molar-refractivity contribution in [3.63, 3.8) is 0 Å². The van der Waals surface area contributed by atoms with Gasteiger partial charge in [-0.15, -0.1) is 0 Å². The monoisotopic (exact) mass is 381 g/mol. The lowest BCUT2D eigenvalue weighted by Gasteiger charge is -2.18. The summed E-state index contributed by atoms with van der Waals surface area (Å²) in [5.41, 5.74) is 3.42. The van der Waals surface area contributed by atoms with E-state index >= 15 is 0 Å². The normalized spacial score (nSPS) is 11.8. The molecular formula is C21H20ClN3O2. The summed E-state index contributed by atoms with van der Waals surface area (Å²) in [5.74, 6) is -0.398. The second-order valence-electron chi connectivity index (χ2n) is 6.39. The molecule has 0 fully saturated rings.